The van der Waals surface area contributed by atoms with Crippen LogP contribution >= 0.6 is 0 Å². The summed E-state index contributed by atoms with van der Waals surface area (Å²) in [4.78, 5) is 0. The second-order valence-corrected chi connectivity index (χ2v) is 0. The summed E-state index contributed by atoms with van der Waals surface area (Å²) >= 11 is 0. The van der Waals surface area contributed by atoms with Gasteiger partial charge >= 0.3 is 34.7 Å². The van der Waals surface area contributed by atoms with Crippen molar-refractivity contribution in [3.8, 4) is 0 Å². The van der Waals surface area contributed by atoms with Crippen LogP contribution in [0.25, 0.3) is 0 Å². The van der Waals surface area contributed by atoms with Crippen molar-refractivity contribution in [2.45, 2.75) is 0 Å². The Morgan fingerprint density at radius 1 is 0.250 bits per heavy atom. The van der Waals surface area contributed by atoms with Gasteiger partial charge in [0, 0.05) is 0 Å². The Bertz CT molecular complexity index is 6.49. The van der Waals surface area contributed by atoms with E-state index >= 15 is 0 Å². The summed E-state index contributed by atoms with van der Waals surface area (Å²) < 4.78 is 0. The van der Waals surface area contributed by atoms with Gasteiger partial charge in [0.05, 0.1) is 0 Å². The van der Waals surface area contributed by atoms with Gasteiger partial charge in [0.15, 0.2) is 0 Å². The van der Waals surface area contributed by atoms with E-state index in [1.807, 2.05) is 0 Å². The summed E-state index contributed by atoms with van der Waals surface area (Å²) in [5.74, 6) is 0. The molecule has 0 unspecified atom stereocenters. The van der Waals surface area contributed by atoms with Gasteiger partial charge in [0.25, 0.3) is 0 Å². The van der Waals surface area contributed by atoms with Crippen LogP contribution < -0.4 is 0 Å². The van der Waals surface area contributed by atoms with Crippen LogP contribution in [0.4, 0.5) is 0 Å². The van der Waals surface area contributed by atoms with Gasteiger partial charge in [-0.3, -0.25) is 0 Å². The molecule has 0 aromatic carbocycles. The topological polar surface area (TPSA) is 189 Å². The molecule has 0 saturated carbocycles. The van der Waals surface area contributed by atoms with E-state index in [0.29, 0.717) is 0 Å². The van der Waals surface area contributed by atoms with E-state index in [4.69, 9.17) is 0 Å². The minimum Gasteiger partial charge on any atom is -0.412 e. The van der Waals surface area contributed by atoms with E-state index in [2.05, 4.69) is 0 Å². The Morgan fingerprint density at radius 2 is 0.250 bits per heavy atom. The third-order valence-electron chi connectivity index (χ3n) is 0. The van der Waals surface area contributed by atoms with Crippen molar-refractivity contribution in [2.24, 2.45) is 0 Å². The zero-order chi connectivity index (χ0) is 0. The molecular weight excluding hydrogens is 150 g/mol. The van der Waals surface area contributed by atoms with Crippen molar-refractivity contribution in [3.05, 3.63) is 0 Å². The summed E-state index contributed by atoms with van der Waals surface area (Å²) in [5.41, 5.74) is 0. The van der Waals surface area contributed by atoms with E-state index in [0.717, 1.165) is 0 Å². The van der Waals surface area contributed by atoms with E-state index < -0.39 is 0 Å². The molecule has 6 nitrogen and oxygen atoms in total. The third-order valence-corrected chi connectivity index (χ3v) is 0. The summed E-state index contributed by atoms with van der Waals surface area (Å²) in [6, 6.07) is 0. The normalized spacial score (nSPS) is 0. The van der Waals surface area contributed by atoms with Crippen molar-refractivity contribution >= 4 is 34.7 Å². The van der Waals surface area contributed by atoms with E-state index in [-0.39, 0.29) is 67.6 Å². The van der Waals surface area contributed by atoms with E-state index in [1.54, 1.807) is 0 Å². The Kier molecular flexibility index (Phi) is 53200. The van der Waals surface area contributed by atoms with Crippen LogP contribution in [0.2, 0.25) is 0 Å². The fraction of sp³-hybridized carbons (Fsp3) is 0. The molecule has 0 radical (unpaired) electrons. The second kappa shape index (κ2) is 536. The molecule has 0 rings (SSSR count). The maximum atomic E-state index is 0. The van der Waals surface area contributed by atoms with E-state index in [1.165, 1.54) is 0 Å². The van der Waals surface area contributed by atoms with Crippen LogP contribution in [0, 0.1) is 0 Å². The minimum atomic E-state index is 0. The third kappa shape index (κ3) is 340. The summed E-state index contributed by atoms with van der Waals surface area (Å²) in [5, 5.41) is 0. The maximum Gasteiger partial charge on any atom is 3.00 e. The first-order chi connectivity index (χ1) is 0. The molecule has 0 heterocycles. The molecule has 12 N–H and O–H groups in total. The van der Waals surface area contributed by atoms with Gasteiger partial charge in [-0.2, -0.15) is 0 Å². The molecule has 0 atom stereocenters. The Hall–Kier alpha value is 0.825. The molecule has 0 aromatic rings. The summed E-state index contributed by atoms with van der Waals surface area (Å²) in [6.07, 6.45) is 0. The van der Waals surface area contributed by atoms with Gasteiger partial charge in [0.1, 0.15) is 0 Å². The van der Waals surface area contributed by atoms with Crippen LogP contribution in [0.1, 0.15) is 0 Å². The predicted octanol–water partition coefficient (Wildman–Crippen LogP) is -5.71. The fourth-order valence-corrected chi connectivity index (χ4v) is 0. The molecule has 0 fully saturated rings. The average Bonchev–Trinajstić information content (AvgIpc) is 0. The maximum absolute atomic E-state index is 0. The van der Waals surface area contributed by atoms with Crippen molar-refractivity contribution in [1.82, 2.24) is 0 Å². The Labute approximate surface area is 68.0 Å². The first-order valence-electron chi connectivity index (χ1n) is 0. The van der Waals surface area contributed by atoms with Gasteiger partial charge in [0.2, 0.25) is 0 Å². The summed E-state index contributed by atoms with van der Waals surface area (Å²) in [7, 11) is 0. The van der Waals surface area contributed by atoms with Crippen molar-refractivity contribution in [1.29, 1.82) is 0 Å². The molecule has 0 aliphatic carbocycles. The molecule has 0 bridgehead atoms. The van der Waals surface area contributed by atoms with Gasteiger partial charge in [-0.05, 0) is 0 Å². The largest absolute Gasteiger partial charge is 3.00 e. The zero-order valence-electron chi connectivity index (χ0n) is 4.15. The van der Waals surface area contributed by atoms with Crippen molar-refractivity contribution in [3.63, 3.8) is 0 Å². The molecule has 0 amide bonds. The van der Waals surface area contributed by atoms with Gasteiger partial charge in [-0.15, -0.1) is 0 Å². The van der Waals surface area contributed by atoms with Crippen LogP contribution in [0.15, 0.2) is 0 Å². The van der Waals surface area contributed by atoms with Crippen LogP contribution in [-0.4, -0.2) is 67.6 Å². The molecular formula is H12Al2O6+6. The van der Waals surface area contributed by atoms with Gasteiger partial charge in [-0.25, -0.2) is 0 Å². The number of hydrogen-bond acceptors (Lipinski definition) is 0. The van der Waals surface area contributed by atoms with E-state index in [9.17, 15) is 0 Å². The zero-order valence-corrected chi connectivity index (χ0v) is 6.46. The smallest absolute Gasteiger partial charge is 0.412 e. The first kappa shape index (κ1) is 794. The molecule has 8 heavy (non-hydrogen) atoms. The van der Waals surface area contributed by atoms with Crippen LogP contribution in [0.5, 0.6) is 0 Å². The average molecular weight is 162 g/mol. The first-order valence-corrected chi connectivity index (χ1v) is 0. The summed E-state index contributed by atoms with van der Waals surface area (Å²) in [6.45, 7) is 0. The predicted molar refractivity (Wildman–Crippen MR) is 33.2 cm³/mol. The molecule has 0 aromatic heterocycles. The molecule has 0 aliphatic heterocycles. The number of rotatable bonds is 0. The molecule has 8 heteroatoms. The number of hydrogen-bond donors (Lipinski definition) is 0. The fourth-order valence-electron chi connectivity index (χ4n) is 0. The molecule has 48 valence electrons. The minimum absolute atomic E-state index is 0. The van der Waals surface area contributed by atoms with Gasteiger partial charge < -0.3 is 32.9 Å². The quantitative estimate of drug-likeness (QED) is 0.307. The van der Waals surface area contributed by atoms with Crippen LogP contribution in [0.3, 0.4) is 0 Å². The standard InChI is InChI=1S/2Al.6H2O/h;;6*1H2/q2*+3;;;;;;. The van der Waals surface area contributed by atoms with Crippen LogP contribution in [-0.2, 0) is 0 Å². The van der Waals surface area contributed by atoms with Gasteiger partial charge in [-0.1, -0.05) is 0 Å². The SMILES string of the molecule is O.O.O.O.O.O.[Al+3].[Al+3]. The molecule has 0 spiro atoms. The monoisotopic (exact) mass is 162 g/mol. The van der Waals surface area contributed by atoms with Crippen molar-refractivity contribution < 1.29 is 32.9 Å². The molecule has 0 aliphatic rings. The Balaban J connectivity index is 0. The van der Waals surface area contributed by atoms with Crippen molar-refractivity contribution in [2.75, 3.05) is 0 Å². The molecule has 0 saturated heterocycles. The second-order valence-electron chi connectivity index (χ2n) is 0. The Morgan fingerprint density at radius 3 is 0.250 bits per heavy atom.